The van der Waals surface area contributed by atoms with Gasteiger partial charge >= 0.3 is 0 Å². The van der Waals surface area contributed by atoms with Gasteiger partial charge in [0.15, 0.2) is 0 Å². The zero-order chi connectivity index (χ0) is 16.9. The van der Waals surface area contributed by atoms with Crippen molar-refractivity contribution in [1.29, 1.82) is 0 Å². The highest BCUT2D eigenvalue weighted by Crippen LogP contribution is 2.31. The lowest BCUT2D eigenvalue weighted by Crippen LogP contribution is -2.14. The van der Waals surface area contributed by atoms with Crippen LogP contribution >= 0.6 is 0 Å². The Morgan fingerprint density at radius 1 is 1.09 bits per heavy atom. The van der Waals surface area contributed by atoms with Gasteiger partial charge in [-0.3, -0.25) is 0 Å². The minimum Gasteiger partial charge on any atom is -0.383 e. The molecular weight excluding hydrogens is 288 g/mol. The highest BCUT2D eigenvalue weighted by atomic mass is 16.5. The zero-order valence-electron chi connectivity index (χ0n) is 14.6. The molecule has 23 heavy (non-hydrogen) atoms. The summed E-state index contributed by atoms with van der Waals surface area (Å²) in [7, 11) is 1.68. The van der Waals surface area contributed by atoms with Crippen LogP contribution in [0.4, 0.5) is 17.3 Å². The number of para-hydroxylation sites is 1. The van der Waals surface area contributed by atoms with E-state index in [9.17, 15) is 0 Å². The number of benzene rings is 1. The van der Waals surface area contributed by atoms with Gasteiger partial charge in [-0.2, -0.15) is 0 Å². The lowest BCUT2D eigenvalue weighted by atomic mass is 9.86. The van der Waals surface area contributed by atoms with E-state index >= 15 is 0 Å². The number of nitrogens with zero attached hydrogens (tertiary/aromatic N) is 2. The van der Waals surface area contributed by atoms with Crippen molar-refractivity contribution in [2.45, 2.75) is 33.1 Å². The van der Waals surface area contributed by atoms with E-state index in [0.717, 1.165) is 23.1 Å². The number of aryl methyl sites for hydroxylation is 1. The minimum atomic E-state index is 0.0607. The van der Waals surface area contributed by atoms with Crippen molar-refractivity contribution >= 4 is 17.3 Å². The van der Waals surface area contributed by atoms with Crippen LogP contribution in [0.1, 0.15) is 32.2 Å². The van der Waals surface area contributed by atoms with Crippen LogP contribution in [-0.2, 0) is 10.2 Å². The quantitative estimate of drug-likeness (QED) is 0.792. The first-order valence-electron chi connectivity index (χ1n) is 7.85. The number of hydrogen-bond donors (Lipinski definition) is 2. The summed E-state index contributed by atoms with van der Waals surface area (Å²) in [5, 5.41) is 6.67. The maximum Gasteiger partial charge on any atom is 0.136 e. The lowest BCUT2D eigenvalue weighted by Gasteiger charge is -2.23. The van der Waals surface area contributed by atoms with E-state index in [4.69, 9.17) is 4.74 Å². The van der Waals surface area contributed by atoms with Crippen molar-refractivity contribution < 1.29 is 4.74 Å². The van der Waals surface area contributed by atoms with Gasteiger partial charge in [-0.15, -0.1) is 0 Å². The summed E-state index contributed by atoms with van der Waals surface area (Å²) in [6.07, 6.45) is 0. The maximum absolute atomic E-state index is 5.05. The highest BCUT2D eigenvalue weighted by molar-refractivity contribution is 5.64. The number of methoxy groups -OCH3 is 1. The molecule has 2 N–H and O–H groups in total. The first-order valence-corrected chi connectivity index (χ1v) is 7.85. The molecule has 0 atom stereocenters. The van der Waals surface area contributed by atoms with E-state index in [-0.39, 0.29) is 5.41 Å². The molecule has 0 saturated carbocycles. The van der Waals surface area contributed by atoms with Gasteiger partial charge in [0.1, 0.15) is 17.5 Å². The Labute approximate surface area is 138 Å². The van der Waals surface area contributed by atoms with E-state index in [1.54, 1.807) is 7.11 Å². The largest absolute Gasteiger partial charge is 0.383 e. The first kappa shape index (κ1) is 17.2. The smallest absolute Gasteiger partial charge is 0.136 e. The molecule has 0 aliphatic heterocycles. The van der Waals surface area contributed by atoms with Crippen LogP contribution in [-0.4, -0.2) is 30.2 Å². The summed E-state index contributed by atoms with van der Waals surface area (Å²) in [5.74, 6) is 2.31. The van der Waals surface area contributed by atoms with Crippen LogP contribution in [0.25, 0.3) is 0 Å². The Bertz CT molecular complexity index is 650. The fourth-order valence-corrected chi connectivity index (χ4v) is 2.39. The predicted octanol–water partition coefficient (Wildman–Crippen LogP) is 3.88. The number of ether oxygens (including phenoxy) is 1. The Morgan fingerprint density at radius 2 is 1.78 bits per heavy atom. The van der Waals surface area contributed by atoms with Gasteiger partial charge in [0.2, 0.25) is 0 Å². The molecule has 0 aliphatic carbocycles. The third-order valence-corrected chi connectivity index (χ3v) is 3.45. The molecule has 0 spiro atoms. The summed E-state index contributed by atoms with van der Waals surface area (Å²) in [4.78, 5) is 8.89. The zero-order valence-corrected chi connectivity index (χ0v) is 14.6. The molecule has 5 heteroatoms. The standard InChI is InChI=1S/C18H26N4O/c1-13-20-16(19-10-11-23-5)12-17(21-13)22-15-9-7-6-8-14(15)18(2,3)4/h6-9,12H,10-11H2,1-5H3,(H2,19,20,21,22). The van der Waals surface area contributed by atoms with Gasteiger partial charge in [0.05, 0.1) is 6.61 Å². The second-order valence-corrected chi connectivity index (χ2v) is 6.53. The number of nitrogens with one attached hydrogen (secondary N) is 2. The van der Waals surface area contributed by atoms with Crippen LogP contribution in [0.5, 0.6) is 0 Å². The number of hydrogen-bond acceptors (Lipinski definition) is 5. The average molecular weight is 314 g/mol. The molecule has 1 aromatic heterocycles. The number of rotatable bonds is 6. The van der Waals surface area contributed by atoms with E-state index < -0.39 is 0 Å². The highest BCUT2D eigenvalue weighted by Gasteiger charge is 2.17. The van der Waals surface area contributed by atoms with E-state index in [1.165, 1.54) is 5.56 Å². The van der Waals surface area contributed by atoms with Gasteiger partial charge in [-0.25, -0.2) is 9.97 Å². The fourth-order valence-electron chi connectivity index (χ4n) is 2.39. The maximum atomic E-state index is 5.05. The summed E-state index contributed by atoms with van der Waals surface area (Å²) in [6.45, 7) is 9.86. The van der Waals surface area contributed by atoms with Crippen LogP contribution in [0, 0.1) is 6.92 Å². The third kappa shape index (κ3) is 4.93. The van der Waals surface area contributed by atoms with E-state index in [2.05, 4.69) is 59.6 Å². The average Bonchev–Trinajstić information content (AvgIpc) is 2.46. The predicted molar refractivity (Wildman–Crippen MR) is 95.6 cm³/mol. The second-order valence-electron chi connectivity index (χ2n) is 6.53. The molecule has 124 valence electrons. The number of aromatic nitrogens is 2. The first-order chi connectivity index (χ1) is 10.9. The van der Waals surface area contributed by atoms with Gasteiger partial charge in [0.25, 0.3) is 0 Å². The van der Waals surface area contributed by atoms with Crippen molar-refractivity contribution in [2.75, 3.05) is 30.9 Å². The van der Waals surface area contributed by atoms with Crippen molar-refractivity contribution in [3.8, 4) is 0 Å². The second kappa shape index (κ2) is 7.42. The van der Waals surface area contributed by atoms with Gasteiger partial charge in [-0.05, 0) is 24.0 Å². The Kier molecular flexibility index (Phi) is 5.55. The molecule has 0 aliphatic rings. The molecule has 0 radical (unpaired) electrons. The van der Waals surface area contributed by atoms with Gasteiger partial charge in [-0.1, -0.05) is 39.0 Å². The third-order valence-electron chi connectivity index (χ3n) is 3.45. The van der Waals surface area contributed by atoms with Crippen molar-refractivity contribution in [1.82, 2.24) is 9.97 Å². The summed E-state index contributed by atoms with van der Waals surface area (Å²) in [5.41, 5.74) is 2.39. The Balaban J connectivity index is 2.24. The molecule has 1 heterocycles. The van der Waals surface area contributed by atoms with E-state index in [1.807, 2.05) is 19.1 Å². The molecule has 1 aromatic carbocycles. The molecular formula is C18H26N4O. The molecule has 2 rings (SSSR count). The SMILES string of the molecule is COCCNc1cc(Nc2ccccc2C(C)(C)C)nc(C)n1. The topological polar surface area (TPSA) is 59.1 Å². The molecule has 0 unspecified atom stereocenters. The van der Waals surface area contributed by atoms with Crippen LogP contribution in [0.2, 0.25) is 0 Å². The Hall–Kier alpha value is -2.14. The normalized spacial score (nSPS) is 11.3. The summed E-state index contributed by atoms with van der Waals surface area (Å²) < 4.78 is 5.05. The van der Waals surface area contributed by atoms with Gasteiger partial charge < -0.3 is 15.4 Å². The van der Waals surface area contributed by atoms with Crippen LogP contribution < -0.4 is 10.6 Å². The monoisotopic (exact) mass is 314 g/mol. The minimum absolute atomic E-state index is 0.0607. The molecule has 2 aromatic rings. The van der Waals surface area contributed by atoms with Crippen LogP contribution in [0.15, 0.2) is 30.3 Å². The molecule has 0 bridgehead atoms. The molecule has 0 saturated heterocycles. The molecule has 0 fully saturated rings. The van der Waals surface area contributed by atoms with Gasteiger partial charge in [0, 0.05) is 25.4 Å². The van der Waals surface area contributed by atoms with Crippen LogP contribution in [0.3, 0.4) is 0 Å². The van der Waals surface area contributed by atoms with Crippen molar-refractivity contribution in [3.63, 3.8) is 0 Å². The lowest BCUT2D eigenvalue weighted by molar-refractivity contribution is 0.210. The van der Waals surface area contributed by atoms with Crippen molar-refractivity contribution in [2.24, 2.45) is 0 Å². The molecule has 5 nitrogen and oxygen atoms in total. The molecule has 0 amide bonds. The fraction of sp³-hybridized carbons (Fsp3) is 0.444. The number of anilines is 3. The summed E-state index contributed by atoms with van der Waals surface area (Å²) in [6, 6.07) is 10.2. The Morgan fingerprint density at radius 3 is 2.48 bits per heavy atom. The summed E-state index contributed by atoms with van der Waals surface area (Å²) >= 11 is 0. The van der Waals surface area contributed by atoms with Crippen molar-refractivity contribution in [3.05, 3.63) is 41.7 Å². The van der Waals surface area contributed by atoms with E-state index in [0.29, 0.717) is 13.2 Å².